The number of amides is 1. The van der Waals surface area contributed by atoms with Gasteiger partial charge in [-0.3, -0.25) is 9.78 Å². The lowest BCUT2D eigenvalue weighted by Gasteiger charge is -2.23. The number of rotatable bonds is 7. The van der Waals surface area contributed by atoms with Crippen molar-refractivity contribution in [3.8, 4) is 0 Å². The minimum Gasteiger partial charge on any atom is -0.329 e. The van der Waals surface area contributed by atoms with Crippen molar-refractivity contribution in [3.05, 3.63) is 120 Å². The molecule has 0 saturated heterocycles. The highest BCUT2D eigenvalue weighted by Gasteiger charge is 2.19. The van der Waals surface area contributed by atoms with Crippen LogP contribution in [0.2, 0.25) is 0 Å². The maximum absolute atomic E-state index is 13.3. The number of carbonyl (C=O) groups is 1. The Kier molecular flexibility index (Phi) is 6.12. The highest BCUT2D eigenvalue weighted by atomic mass is 19.1. The first-order chi connectivity index (χ1) is 15.1. The van der Waals surface area contributed by atoms with Crippen LogP contribution in [0, 0.1) is 11.6 Å². The van der Waals surface area contributed by atoms with Crippen LogP contribution in [0.15, 0.2) is 85.5 Å². The number of aromatic nitrogens is 3. The Hall–Kier alpha value is -3.87. The van der Waals surface area contributed by atoms with Crippen LogP contribution in [-0.2, 0) is 19.6 Å². The molecule has 31 heavy (non-hydrogen) atoms. The molecule has 0 aliphatic rings. The van der Waals surface area contributed by atoms with Crippen molar-refractivity contribution < 1.29 is 13.6 Å². The molecule has 1 amide bonds. The van der Waals surface area contributed by atoms with Crippen LogP contribution in [0.5, 0.6) is 0 Å². The summed E-state index contributed by atoms with van der Waals surface area (Å²) >= 11 is 0. The summed E-state index contributed by atoms with van der Waals surface area (Å²) in [6.07, 6.45) is 6.87. The van der Waals surface area contributed by atoms with Crippen molar-refractivity contribution in [2.45, 2.75) is 19.6 Å². The summed E-state index contributed by atoms with van der Waals surface area (Å²) in [4.78, 5) is 23.4. The van der Waals surface area contributed by atoms with Crippen molar-refractivity contribution in [3.63, 3.8) is 0 Å². The monoisotopic (exact) mass is 418 g/mol. The molecule has 0 bridgehead atoms. The summed E-state index contributed by atoms with van der Waals surface area (Å²) in [6, 6.07) is 15.5. The van der Waals surface area contributed by atoms with E-state index in [1.165, 1.54) is 36.4 Å². The van der Waals surface area contributed by atoms with Gasteiger partial charge < -0.3 is 9.47 Å². The summed E-state index contributed by atoms with van der Waals surface area (Å²) in [6.45, 7) is 1.08. The predicted molar refractivity (Wildman–Crippen MR) is 112 cm³/mol. The summed E-state index contributed by atoms with van der Waals surface area (Å²) in [5.41, 5.74) is 2.18. The third kappa shape index (κ3) is 5.19. The topological polar surface area (TPSA) is 51.0 Å². The van der Waals surface area contributed by atoms with Gasteiger partial charge in [0.2, 0.25) is 0 Å². The van der Waals surface area contributed by atoms with E-state index in [1.807, 2.05) is 22.9 Å². The van der Waals surface area contributed by atoms with Gasteiger partial charge in [-0.15, -0.1) is 0 Å². The van der Waals surface area contributed by atoms with E-state index in [9.17, 15) is 13.6 Å². The van der Waals surface area contributed by atoms with E-state index in [1.54, 1.807) is 35.6 Å². The van der Waals surface area contributed by atoms with Gasteiger partial charge in [0, 0.05) is 43.4 Å². The molecule has 0 spiro atoms. The fraction of sp³-hybridized carbons (Fsp3) is 0.125. The van der Waals surface area contributed by atoms with Gasteiger partial charge in [0.15, 0.2) is 0 Å². The van der Waals surface area contributed by atoms with Crippen LogP contribution >= 0.6 is 0 Å². The van der Waals surface area contributed by atoms with Gasteiger partial charge in [-0.1, -0.05) is 18.2 Å². The zero-order valence-electron chi connectivity index (χ0n) is 16.7. The van der Waals surface area contributed by atoms with Crippen molar-refractivity contribution in [1.29, 1.82) is 0 Å². The van der Waals surface area contributed by atoms with Crippen molar-refractivity contribution in [1.82, 2.24) is 19.4 Å². The number of imidazole rings is 1. The summed E-state index contributed by atoms with van der Waals surface area (Å²) in [5.74, 6) is -0.240. The summed E-state index contributed by atoms with van der Waals surface area (Å²) < 4.78 is 28.4. The van der Waals surface area contributed by atoms with Crippen molar-refractivity contribution >= 4 is 5.91 Å². The highest BCUT2D eigenvalue weighted by molar-refractivity contribution is 5.94. The third-order valence-electron chi connectivity index (χ3n) is 4.87. The highest BCUT2D eigenvalue weighted by Crippen LogP contribution is 2.15. The molecule has 2 aromatic carbocycles. The molecule has 4 aromatic rings. The number of nitrogens with zero attached hydrogens (tertiary/aromatic N) is 4. The number of pyridine rings is 1. The Balaban J connectivity index is 1.59. The Bertz CT molecular complexity index is 1140. The second kappa shape index (κ2) is 9.30. The van der Waals surface area contributed by atoms with Gasteiger partial charge in [0.25, 0.3) is 5.91 Å². The van der Waals surface area contributed by atoms with Gasteiger partial charge in [-0.05, 0) is 53.6 Å². The first-order valence-electron chi connectivity index (χ1n) is 9.77. The van der Waals surface area contributed by atoms with Crippen LogP contribution in [0.1, 0.15) is 27.3 Å². The van der Waals surface area contributed by atoms with Crippen LogP contribution in [0.4, 0.5) is 8.78 Å². The molecule has 0 unspecified atom stereocenters. The largest absolute Gasteiger partial charge is 0.329 e. The fourth-order valence-corrected chi connectivity index (χ4v) is 3.28. The molecule has 156 valence electrons. The van der Waals surface area contributed by atoms with E-state index < -0.39 is 5.82 Å². The molecule has 0 atom stereocenters. The zero-order valence-corrected chi connectivity index (χ0v) is 16.7. The first kappa shape index (κ1) is 20.4. The predicted octanol–water partition coefficient (Wildman–Crippen LogP) is 4.45. The number of benzene rings is 2. The van der Waals surface area contributed by atoms with E-state index in [0.717, 1.165) is 11.1 Å². The molecule has 2 aromatic heterocycles. The van der Waals surface area contributed by atoms with E-state index >= 15 is 0 Å². The molecule has 0 aliphatic heterocycles. The molecule has 0 N–H and O–H groups in total. The fourth-order valence-electron chi connectivity index (χ4n) is 3.28. The molecule has 0 aliphatic carbocycles. The Labute approximate surface area is 178 Å². The maximum atomic E-state index is 13.3. The Morgan fingerprint density at radius 2 is 1.58 bits per heavy atom. The normalized spacial score (nSPS) is 10.8. The lowest BCUT2D eigenvalue weighted by atomic mass is 10.1. The first-order valence-corrected chi connectivity index (χ1v) is 9.77. The minimum atomic E-state index is -0.398. The zero-order chi connectivity index (χ0) is 21.6. The standard InChI is InChI=1S/C24H20F2N4O/c25-21-7-3-18(4-8-21)15-29-13-12-28-23(29)17-30(16-19-2-1-11-27-14-19)24(31)20-5-9-22(26)10-6-20/h1-14H,15-17H2. The van der Waals surface area contributed by atoms with Crippen molar-refractivity contribution in [2.24, 2.45) is 0 Å². The van der Waals surface area contributed by atoms with Crippen LogP contribution in [0.25, 0.3) is 0 Å². The average molecular weight is 418 g/mol. The number of halogens is 2. The molecule has 0 saturated carbocycles. The van der Waals surface area contributed by atoms with Crippen LogP contribution in [0.3, 0.4) is 0 Å². The van der Waals surface area contributed by atoms with Crippen LogP contribution < -0.4 is 0 Å². The molecular weight excluding hydrogens is 398 g/mol. The SMILES string of the molecule is O=C(c1ccc(F)cc1)N(Cc1cccnc1)Cc1nccn1Cc1ccc(F)cc1. The van der Waals surface area contributed by atoms with Gasteiger partial charge in [-0.25, -0.2) is 13.8 Å². The third-order valence-corrected chi connectivity index (χ3v) is 4.87. The molecule has 5 nitrogen and oxygen atoms in total. The minimum absolute atomic E-state index is 0.236. The summed E-state index contributed by atoms with van der Waals surface area (Å²) in [5, 5.41) is 0. The molecule has 0 fully saturated rings. The van der Waals surface area contributed by atoms with Crippen molar-refractivity contribution in [2.75, 3.05) is 0 Å². The van der Waals surface area contributed by atoms with Gasteiger partial charge in [-0.2, -0.15) is 0 Å². The molecule has 2 heterocycles. The average Bonchev–Trinajstić information content (AvgIpc) is 3.22. The van der Waals surface area contributed by atoms with E-state index in [-0.39, 0.29) is 18.3 Å². The Morgan fingerprint density at radius 3 is 2.26 bits per heavy atom. The molecular formula is C24H20F2N4O. The van der Waals surface area contributed by atoms with Gasteiger partial charge in [0.05, 0.1) is 6.54 Å². The van der Waals surface area contributed by atoms with Crippen LogP contribution in [-0.4, -0.2) is 25.3 Å². The Morgan fingerprint density at radius 1 is 0.871 bits per heavy atom. The number of carbonyl (C=O) groups excluding carboxylic acids is 1. The number of hydrogen-bond donors (Lipinski definition) is 0. The molecule has 7 heteroatoms. The van der Waals surface area contributed by atoms with E-state index in [4.69, 9.17) is 0 Å². The number of hydrogen-bond acceptors (Lipinski definition) is 3. The van der Waals surface area contributed by atoms with E-state index in [0.29, 0.717) is 24.5 Å². The lowest BCUT2D eigenvalue weighted by Crippen LogP contribution is -2.31. The maximum Gasteiger partial charge on any atom is 0.254 e. The second-order valence-corrected chi connectivity index (χ2v) is 7.13. The lowest BCUT2D eigenvalue weighted by molar-refractivity contribution is 0.0723. The smallest absolute Gasteiger partial charge is 0.254 e. The molecule has 4 rings (SSSR count). The van der Waals surface area contributed by atoms with E-state index in [2.05, 4.69) is 9.97 Å². The quantitative estimate of drug-likeness (QED) is 0.446. The second-order valence-electron chi connectivity index (χ2n) is 7.13. The summed E-state index contributed by atoms with van der Waals surface area (Å²) in [7, 11) is 0. The van der Waals surface area contributed by atoms with Gasteiger partial charge >= 0.3 is 0 Å². The molecule has 0 radical (unpaired) electrons. The van der Waals surface area contributed by atoms with Gasteiger partial charge in [0.1, 0.15) is 17.5 Å².